The van der Waals surface area contributed by atoms with Crippen molar-refractivity contribution in [1.29, 1.82) is 0 Å². The van der Waals surface area contributed by atoms with Crippen molar-refractivity contribution in [2.24, 2.45) is 5.73 Å². The Hall–Kier alpha value is -0.960. The van der Waals surface area contributed by atoms with E-state index in [9.17, 15) is 8.78 Å². The van der Waals surface area contributed by atoms with Gasteiger partial charge in [0.25, 0.3) is 0 Å². The fourth-order valence-electron chi connectivity index (χ4n) is 2.29. The molecule has 2 rings (SSSR count). The SMILES string of the molecule is NC1CCCC(F)(c2cccc(F)c2)C1. The van der Waals surface area contributed by atoms with Crippen molar-refractivity contribution in [2.45, 2.75) is 37.4 Å². The van der Waals surface area contributed by atoms with Gasteiger partial charge in [-0.1, -0.05) is 12.1 Å². The van der Waals surface area contributed by atoms with Gasteiger partial charge in [-0.05, 0) is 37.0 Å². The van der Waals surface area contributed by atoms with E-state index in [2.05, 4.69) is 0 Å². The highest BCUT2D eigenvalue weighted by Crippen LogP contribution is 2.40. The Morgan fingerprint density at radius 1 is 1.40 bits per heavy atom. The molecule has 0 saturated heterocycles. The molecule has 0 bridgehead atoms. The molecule has 0 radical (unpaired) electrons. The molecule has 0 aromatic heterocycles. The highest BCUT2D eigenvalue weighted by Gasteiger charge is 2.36. The number of nitrogens with two attached hydrogens (primary N) is 1. The van der Waals surface area contributed by atoms with Crippen LogP contribution in [0.5, 0.6) is 0 Å². The summed E-state index contributed by atoms with van der Waals surface area (Å²) in [5.41, 5.74) is 4.75. The third-order valence-electron chi connectivity index (χ3n) is 3.08. The van der Waals surface area contributed by atoms with E-state index in [4.69, 9.17) is 5.73 Å². The molecule has 15 heavy (non-hydrogen) atoms. The molecule has 0 heterocycles. The van der Waals surface area contributed by atoms with Crippen molar-refractivity contribution in [1.82, 2.24) is 0 Å². The molecule has 2 atom stereocenters. The van der Waals surface area contributed by atoms with Crippen molar-refractivity contribution >= 4 is 0 Å². The predicted molar refractivity (Wildman–Crippen MR) is 55.6 cm³/mol. The third-order valence-corrected chi connectivity index (χ3v) is 3.08. The molecule has 1 aromatic carbocycles. The third kappa shape index (κ3) is 2.17. The molecule has 1 fully saturated rings. The van der Waals surface area contributed by atoms with Crippen LogP contribution in [0, 0.1) is 5.82 Å². The van der Waals surface area contributed by atoms with Crippen LogP contribution in [0.15, 0.2) is 24.3 Å². The molecule has 1 aliphatic carbocycles. The van der Waals surface area contributed by atoms with Crippen LogP contribution >= 0.6 is 0 Å². The van der Waals surface area contributed by atoms with E-state index in [1.54, 1.807) is 12.1 Å². The number of rotatable bonds is 1. The Morgan fingerprint density at radius 2 is 2.20 bits per heavy atom. The van der Waals surface area contributed by atoms with Crippen LogP contribution in [0.3, 0.4) is 0 Å². The summed E-state index contributed by atoms with van der Waals surface area (Å²) in [6.45, 7) is 0. The number of alkyl halides is 1. The van der Waals surface area contributed by atoms with Gasteiger partial charge in [0.15, 0.2) is 0 Å². The maximum Gasteiger partial charge on any atom is 0.137 e. The van der Waals surface area contributed by atoms with Crippen molar-refractivity contribution in [3.8, 4) is 0 Å². The topological polar surface area (TPSA) is 26.0 Å². The standard InChI is InChI=1S/C12H15F2N/c13-10-4-1-3-9(7-10)12(14)6-2-5-11(15)8-12/h1,3-4,7,11H,2,5-6,8,15H2. The lowest BCUT2D eigenvalue weighted by Gasteiger charge is -2.33. The molecular weight excluding hydrogens is 196 g/mol. The summed E-state index contributed by atoms with van der Waals surface area (Å²) in [5.74, 6) is -0.385. The van der Waals surface area contributed by atoms with E-state index in [1.807, 2.05) is 0 Å². The molecule has 1 saturated carbocycles. The van der Waals surface area contributed by atoms with Crippen LogP contribution < -0.4 is 5.73 Å². The first-order chi connectivity index (χ1) is 7.10. The number of halogens is 2. The first kappa shape index (κ1) is 10.6. The van der Waals surface area contributed by atoms with Gasteiger partial charge in [-0.15, -0.1) is 0 Å². The summed E-state index contributed by atoms with van der Waals surface area (Å²) in [6, 6.07) is 5.69. The molecule has 1 aliphatic rings. The number of hydrogen-bond donors (Lipinski definition) is 1. The van der Waals surface area contributed by atoms with Gasteiger partial charge in [0, 0.05) is 12.5 Å². The van der Waals surface area contributed by atoms with Gasteiger partial charge in [-0.3, -0.25) is 0 Å². The van der Waals surface area contributed by atoms with Gasteiger partial charge in [0.2, 0.25) is 0 Å². The molecule has 1 aromatic rings. The van der Waals surface area contributed by atoms with E-state index in [0.29, 0.717) is 18.4 Å². The van der Waals surface area contributed by atoms with Crippen LogP contribution in [0.1, 0.15) is 31.2 Å². The number of hydrogen-bond acceptors (Lipinski definition) is 1. The minimum absolute atomic E-state index is 0.105. The molecule has 0 aliphatic heterocycles. The second kappa shape index (κ2) is 3.89. The zero-order chi connectivity index (χ0) is 10.9. The van der Waals surface area contributed by atoms with Crippen molar-refractivity contribution in [3.05, 3.63) is 35.6 Å². The van der Waals surface area contributed by atoms with Gasteiger partial charge >= 0.3 is 0 Å². The highest BCUT2D eigenvalue weighted by atomic mass is 19.1. The average Bonchev–Trinajstić information content (AvgIpc) is 2.17. The summed E-state index contributed by atoms with van der Waals surface area (Å²) >= 11 is 0. The molecule has 0 amide bonds. The lowest BCUT2D eigenvalue weighted by atomic mass is 9.79. The molecule has 82 valence electrons. The summed E-state index contributed by atoms with van der Waals surface area (Å²) in [5, 5.41) is 0. The van der Waals surface area contributed by atoms with Gasteiger partial charge in [-0.25, -0.2) is 8.78 Å². The molecule has 2 N–H and O–H groups in total. The predicted octanol–water partition coefficient (Wildman–Crippen LogP) is 2.89. The smallest absolute Gasteiger partial charge is 0.137 e. The van der Waals surface area contributed by atoms with Crippen LogP contribution in [-0.4, -0.2) is 6.04 Å². The molecule has 0 spiro atoms. The van der Waals surface area contributed by atoms with Gasteiger partial charge < -0.3 is 5.73 Å². The Kier molecular flexibility index (Phi) is 2.74. The fraction of sp³-hybridized carbons (Fsp3) is 0.500. The Labute approximate surface area is 88.3 Å². The zero-order valence-corrected chi connectivity index (χ0v) is 8.55. The lowest BCUT2D eigenvalue weighted by molar-refractivity contribution is 0.0944. The van der Waals surface area contributed by atoms with Crippen LogP contribution in [0.4, 0.5) is 8.78 Å². The fourth-order valence-corrected chi connectivity index (χ4v) is 2.29. The average molecular weight is 211 g/mol. The summed E-state index contributed by atoms with van der Waals surface area (Å²) < 4.78 is 27.5. The van der Waals surface area contributed by atoms with Gasteiger partial charge in [0.1, 0.15) is 11.5 Å². The summed E-state index contributed by atoms with van der Waals surface area (Å²) in [7, 11) is 0. The van der Waals surface area contributed by atoms with Crippen molar-refractivity contribution in [3.63, 3.8) is 0 Å². The van der Waals surface area contributed by atoms with Crippen LogP contribution in [-0.2, 0) is 5.67 Å². The summed E-state index contributed by atoms with van der Waals surface area (Å²) in [4.78, 5) is 0. The Morgan fingerprint density at radius 3 is 2.87 bits per heavy atom. The minimum Gasteiger partial charge on any atom is -0.328 e. The molecule has 1 nitrogen and oxygen atoms in total. The maximum absolute atomic E-state index is 14.5. The largest absolute Gasteiger partial charge is 0.328 e. The van der Waals surface area contributed by atoms with Crippen molar-refractivity contribution in [2.75, 3.05) is 0 Å². The molecule has 3 heteroatoms. The quantitative estimate of drug-likeness (QED) is 0.759. The van der Waals surface area contributed by atoms with Gasteiger partial charge in [0.05, 0.1) is 0 Å². The van der Waals surface area contributed by atoms with Crippen molar-refractivity contribution < 1.29 is 8.78 Å². The van der Waals surface area contributed by atoms with E-state index in [0.717, 1.165) is 12.8 Å². The van der Waals surface area contributed by atoms with Gasteiger partial charge in [-0.2, -0.15) is 0 Å². The molecular formula is C12H15F2N. The second-order valence-corrected chi connectivity index (χ2v) is 4.33. The Bertz CT molecular complexity index is 353. The van der Waals surface area contributed by atoms with E-state index in [1.165, 1.54) is 12.1 Å². The van der Waals surface area contributed by atoms with Crippen LogP contribution in [0.25, 0.3) is 0 Å². The lowest BCUT2D eigenvalue weighted by Crippen LogP contribution is -2.36. The highest BCUT2D eigenvalue weighted by molar-refractivity contribution is 5.24. The van der Waals surface area contributed by atoms with Crippen LogP contribution in [0.2, 0.25) is 0 Å². The van der Waals surface area contributed by atoms with E-state index >= 15 is 0 Å². The second-order valence-electron chi connectivity index (χ2n) is 4.33. The van der Waals surface area contributed by atoms with E-state index in [-0.39, 0.29) is 11.9 Å². The number of benzene rings is 1. The minimum atomic E-state index is -1.43. The molecule has 2 unspecified atom stereocenters. The summed E-state index contributed by atoms with van der Waals surface area (Å²) in [6.07, 6.45) is 2.38. The van der Waals surface area contributed by atoms with E-state index < -0.39 is 5.67 Å². The maximum atomic E-state index is 14.5. The zero-order valence-electron chi connectivity index (χ0n) is 8.55. The normalized spacial score (nSPS) is 31.5. The Balaban J connectivity index is 2.28. The monoisotopic (exact) mass is 211 g/mol. The first-order valence-electron chi connectivity index (χ1n) is 5.31. The first-order valence-corrected chi connectivity index (χ1v) is 5.31.